The Hall–Kier alpha value is -2.06. The third-order valence-electron chi connectivity index (χ3n) is 5.44. The second-order valence-corrected chi connectivity index (χ2v) is 9.29. The summed E-state index contributed by atoms with van der Waals surface area (Å²) in [5.74, 6) is 2.15. The van der Waals surface area contributed by atoms with Crippen LogP contribution in [0.4, 0.5) is 0 Å². The van der Waals surface area contributed by atoms with Gasteiger partial charge >= 0.3 is 0 Å². The zero-order valence-corrected chi connectivity index (χ0v) is 18.4. The number of benzene rings is 2. The average molecular weight is 398 g/mol. The molecule has 0 aromatic heterocycles. The first-order valence-electron chi connectivity index (χ1n) is 10.1. The minimum atomic E-state index is 0.0377. The second kappa shape index (κ2) is 8.96. The number of rotatable bonds is 7. The Morgan fingerprint density at radius 1 is 1.18 bits per heavy atom. The Morgan fingerprint density at radius 2 is 1.89 bits per heavy atom. The third-order valence-corrected chi connectivity index (χ3v) is 6.99. The summed E-state index contributed by atoms with van der Waals surface area (Å²) in [6.45, 7) is 9.39. The molecule has 1 heterocycles. The van der Waals surface area contributed by atoms with Crippen molar-refractivity contribution in [1.82, 2.24) is 4.90 Å². The van der Waals surface area contributed by atoms with Crippen molar-refractivity contribution in [3.05, 3.63) is 53.6 Å². The molecule has 1 N–H and O–H groups in total. The van der Waals surface area contributed by atoms with Gasteiger partial charge in [0, 0.05) is 7.05 Å². The van der Waals surface area contributed by atoms with Crippen molar-refractivity contribution < 1.29 is 9.84 Å². The van der Waals surface area contributed by atoms with Crippen LogP contribution in [-0.4, -0.2) is 41.2 Å². The van der Waals surface area contributed by atoms with E-state index in [0.717, 1.165) is 31.3 Å². The van der Waals surface area contributed by atoms with E-state index in [2.05, 4.69) is 50.9 Å². The Morgan fingerprint density at radius 3 is 2.54 bits per heavy atom. The number of phenols is 1. The van der Waals surface area contributed by atoms with Crippen molar-refractivity contribution in [2.24, 2.45) is 4.99 Å². The second-order valence-electron chi connectivity index (χ2n) is 7.44. The van der Waals surface area contributed by atoms with Gasteiger partial charge in [0.15, 0.2) is 0 Å². The molecule has 0 aliphatic carbocycles. The first-order chi connectivity index (χ1) is 13.4. The van der Waals surface area contributed by atoms with E-state index in [9.17, 15) is 5.11 Å². The van der Waals surface area contributed by atoms with Crippen molar-refractivity contribution >= 4 is 19.7 Å². The van der Waals surface area contributed by atoms with E-state index < -0.39 is 0 Å². The summed E-state index contributed by atoms with van der Waals surface area (Å²) in [5, 5.41) is 11.0. The Balaban J connectivity index is 2.00. The van der Waals surface area contributed by atoms with Gasteiger partial charge in [-0.2, -0.15) is 0 Å². The molecule has 4 unspecified atom stereocenters. The van der Waals surface area contributed by atoms with Gasteiger partial charge in [-0.15, -0.1) is 0 Å². The maximum absolute atomic E-state index is 9.60. The van der Waals surface area contributed by atoms with Crippen LogP contribution in [0.2, 0.25) is 0 Å². The predicted molar refractivity (Wildman–Crippen MR) is 120 cm³/mol. The van der Waals surface area contributed by atoms with Crippen LogP contribution in [0.25, 0.3) is 0 Å². The summed E-state index contributed by atoms with van der Waals surface area (Å²) in [4.78, 5) is 7.33. The maximum atomic E-state index is 9.60. The summed E-state index contributed by atoms with van der Waals surface area (Å²) < 4.78 is 5.94. The number of hydrogen-bond acceptors (Lipinski definition) is 4. The number of nitrogens with zero attached hydrogens (tertiary/aromatic N) is 2. The monoisotopic (exact) mass is 398 g/mol. The van der Waals surface area contributed by atoms with Crippen LogP contribution in [0.1, 0.15) is 51.3 Å². The van der Waals surface area contributed by atoms with Crippen molar-refractivity contribution in [1.29, 1.82) is 0 Å². The molecular formula is C23H31N2O2P. The number of phenolic OH excluding ortho intramolecular Hbond substituents is 1. The van der Waals surface area contributed by atoms with E-state index in [1.165, 1.54) is 11.7 Å². The van der Waals surface area contributed by atoms with E-state index in [1.807, 2.05) is 19.1 Å². The Bertz CT molecular complexity index is 835. The highest BCUT2D eigenvalue weighted by molar-refractivity contribution is 7.47. The van der Waals surface area contributed by atoms with Crippen molar-refractivity contribution in [2.75, 3.05) is 13.7 Å². The molecule has 1 aliphatic rings. The number of likely N-dealkylation sites (N-methyl/N-ethyl adjacent to an activating group) is 1. The highest BCUT2D eigenvalue weighted by Crippen LogP contribution is 2.35. The number of ether oxygens (including phenoxy) is 1. The molecule has 4 atom stereocenters. The molecule has 150 valence electrons. The molecule has 3 rings (SSSR count). The van der Waals surface area contributed by atoms with Gasteiger partial charge in [0.2, 0.25) is 0 Å². The zero-order chi connectivity index (χ0) is 20.3. The van der Waals surface area contributed by atoms with Gasteiger partial charge in [-0.05, 0) is 61.1 Å². The summed E-state index contributed by atoms with van der Waals surface area (Å²) >= 11 is 0. The Labute approximate surface area is 170 Å². The topological polar surface area (TPSA) is 45.1 Å². The van der Waals surface area contributed by atoms with E-state index in [-0.39, 0.29) is 17.8 Å². The molecular weight excluding hydrogens is 367 g/mol. The predicted octanol–water partition coefficient (Wildman–Crippen LogP) is 4.72. The SMILES string of the molecule is CCOc1ccc(PC(C)CC)cc1C1=NC(c2ccc(O)cc2)C(C)N1C. The summed E-state index contributed by atoms with van der Waals surface area (Å²) in [6.07, 6.45) is 1.18. The van der Waals surface area contributed by atoms with Crippen LogP contribution in [0.3, 0.4) is 0 Å². The van der Waals surface area contributed by atoms with E-state index in [1.54, 1.807) is 12.1 Å². The lowest BCUT2D eigenvalue weighted by atomic mass is 10.0. The fourth-order valence-corrected chi connectivity index (χ4v) is 4.66. The molecule has 2 aromatic rings. The van der Waals surface area contributed by atoms with E-state index >= 15 is 0 Å². The van der Waals surface area contributed by atoms with Crippen LogP contribution in [0.15, 0.2) is 47.5 Å². The largest absolute Gasteiger partial charge is 0.508 e. The lowest BCUT2D eigenvalue weighted by Gasteiger charge is -2.24. The smallest absolute Gasteiger partial charge is 0.135 e. The third kappa shape index (κ3) is 4.33. The van der Waals surface area contributed by atoms with Gasteiger partial charge in [0.25, 0.3) is 0 Å². The number of aromatic hydroxyl groups is 1. The summed E-state index contributed by atoms with van der Waals surface area (Å²) in [6, 6.07) is 14.2. The normalized spacial score (nSPS) is 20.6. The molecule has 0 bridgehead atoms. The molecule has 0 saturated heterocycles. The zero-order valence-electron chi connectivity index (χ0n) is 17.4. The van der Waals surface area contributed by atoms with Gasteiger partial charge in [0.05, 0.1) is 24.3 Å². The number of amidine groups is 1. The van der Waals surface area contributed by atoms with Gasteiger partial charge in [-0.1, -0.05) is 40.6 Å². The number of hydrogen-bond donors (Lipinski definition) is 1. The first-order valence-corrected chi connectivity index (χ1v) is 11.2. The molecule has 2 aromatic carbocycles. The lowest BCUT2D eigenvalue weighted by Crippen LogP contribution is -2.32. The first kappa shape index (κ1) is 20.7. The van der Waals surface area contributed by atoms with Crippen molar-refractivity contribution in [3.63, 3.8) is 0 Å². The van der Waals surface area contributed by atoms with Gasteiger partial charge < -0.3 is 14.7 Å². The maximum Gasteiger partial charge on any atom is 0.135 e. The minimum absolute atomic E-state index is 0.0377. The standard InChI is InChI=1S/C23H31N2O2P/c1-6-15(3)28-19-12-13-21(27-7-2)20(14-19)23-24-22(16(4)25(23)5)17-8-10-18(26)11-9-17/h8-16,22,26,28H,6-7H2,1-5H3. The highest BCUT2D eigenvalue weighted by Gasteiger charge is 2.33. The van der Waals surface area contributed by atoms with E-state index in [0.29, 0.717) is 12.3 Å². The molecule has 0 amide bonds. The van der Waals surface area contributed by atoms with Crippen LogP contribution in [0.5, 0.6) is 11.5 Å². The number of aliphatic imine (C=N–C) groups is 1. The van der Waals surface area contributed by atoms with Crippen LogP contribution >= 0.6 is 8.58 Å². The van der Waals surface area contributed by atoms with Crippen molar-refractivity contribution in [3.8, 4) is 11.5 Å². The van der Waals surface area contributed by atoms with E-state index in [4.69, 9.17) is 9.73 Å². The quantitative estimate of drug-likeness (QED) is 0.687. The highest BCUT2D eigenvalue weighted by atomic mass is 31.1. The van der Waals surface area contributed by atoms with Gasteiger partial charge in [-0.3, -0.25) is 4.99 Å². The fraction of sp³-hybridized carbons (Fsp3) is 0.435. The molecule has 0 saturated carbocycles. The summed E-state index contributed by atoms with van der Waals surface area (Å²) in [5.41, 5.74) is 2.87. The van der Waals surface area contributed by atoms with Crippen LogP contribution in [-0.2, 0) is 0 Å². The molecule has 0 spiro atoms. The lowest BCUT2D eigenvalue weighted by molar-refractivity contribution is 0.337. The average Bonchev–Trinajstić information content (AvgIpc) is 2.99. The van der Waals surface area contributed by atoms with Crippen LogP contribution in [0, 0.1) is 0 Å². The molecule has 28 heavy (non-hydrogen) atoms. The summed E-state index contributed by atoms with van der Waals surface area (Å²) in [7, 11) is 2.88. The van der Waals surface area contributed by atoms with Gasteiger partial charge in [0.1, 0.15) is 17.3 Å². The molecule has 0 fully saturated rings. The fourth-order valence-electron chi connectivity index (χ4n) is 3.48. The molecule has 5 heteroatoms. The molecule has 0 radical (unpaired) electrons. The minimum Gasteiger partial charge on any atom is -0.508 e. The Kier molecular flexibility index (Phi) is 6.61. The molecule has 4 nitrogen and oxygen atoms in total. The van der Waals surface area contributed by atoms with Gasteiger partial charge in [-0.25, -0.2) is 0 Å². The van der Waals surface area contributed by atoms with Crippen molar-refractivity contribution in [2.45, 2.75) is 51.9 Å². The van der Waals surface area contributed by atoms with Crippen LogP contribution < -0.4 is 10.0 Å². The molecule has 1 aliphatic heterocycles.